The van der Waals surface area contributed by atoms with Crippen LogP contribution in [0.2, 0.25) is 5.02 Å². The number of benzene rings is 1. The Morgan fingerprint density at radius 2 is 1.78 bits per heavy atom. The molecule has 18 heavy (non-hydrogen) atoms. The topological polar surface area (TPSA) is 26.0 Å². The predicted molar refractivity (Wildman–Crippen MR) is 82.5 cm³/mol. The van der Waals surface area contributed by atoms with Crippen LogP contribution in [0.5, 0.6) is 0 Å². The minimum atomic E-state index is 0.180. The Labute approximate surface area is 120 Å². The molecule has 0 fully saturated rings. The van der Waals surface area contributed by atoms with E-state index in [0.717, 1.165) is 11.4 Å². The lowest BCUT2D eigenvalue weighted by atomic mass is 9.84. The molecule has 0 bridgehead atoms. The zero-order chi connectivity index (χ0) is 13.3. The summed E-state index contributed by atoms with van der Waals surface area (Å²) in [6.45, 7) is 4.23. The Balaban J connectivity index is 2.36. The van der Waals surface area contributed by atoms with Crippen LogP contribution < -0.4 is 5.73 Å². The summed E-state index contributed by atoms with van der Waals surface area (Å²) >= 11 is 11.5. The number of hydrogen-bond acceptors (Lipinski definition) is 1. The van der Waals surface area contributed by atoms with Crippen molar-refractivity contribution in [3.05, 3.63) is 33.8 Å². The molecular weight excluding hydrogens is 262 g/mol. The van der Waals surface area contributed by atoms with Crippen molar-refractivity contribution in [3.63, 3.8) is 0 Å². The average molecular weight is 282 g/mol. The van der Waals surface area contributed by atoms with Gasteiger partial charge in [-0.15, -0.1) is 0 Å². The van der Waals surface area contributed by atoms with Crippen molar-refractivity contribution < 1.29 is 0 Å². The molecule has 0 saturated heterocycles. The van der Waals surface area contributed by atoms with Crippen LogP contribution in [-0.2, 0) is 12.8 Å². The highest BCUT2D eigenvalue weighted by Gasteiger charge is 2.21. The van der Waals surface area contributed by atoms with E-state index in [1.54, 1.807) is 0 Å². The first-order valence-corrected chi connectivity index (χ1v) is 7.40. The lowest BCUT2D eigenvalue weighted by Gasteiger charge is -2.24. The Bertz CT molecular complexity index is 470. The Morgan fingerprint density at radius 1 is 1.22 bits per heavy atom. The fraction of sp³-hybridized carbons (Fsp3) is 0.533. The molecule has 0 aromatic heterocycles. The fourth-order valence-electron chi connectivity index (χ4n) is 2.64. The number of halogens is 1. The van der Waals surface area contributed by atoms with Crippen LogP contribution in [0.3, 0.4) is 0 Å². The molecular formula is C15H20ClNS. The number of nitrogens with two attached hydrogens (primary N) is 1. The highest BCUT2D eigenvalue weighted by Crippen LogP contribution is 2.34. The third-order valence-corrected chi connectivity index (χ3v) is 4.85. The summed E-state index contributed by atoms with van der Waals surface area (Å²) in [5.41, 5.74) is 9.82. The summed E-state index contributed by atoms with van der Waals surface area (Å²) in [5, 5.41) is 0.867. The van der Waals surface area contributed by atoms with Gasteiger partial charge in [-0.1, -0.05) is 43.7 Å². The first-order valence-electron chi connectivity index (χ1n) is 6.61. The number of aryl methyl sites for hydroxylation is 2. The van der Waals surface area contributed by atoms with E-state index in [9.17, 15) is 0 Å². The van der Waals surface area contributed by atoms with Gasteiger partial charge in [0.05, 0.1) is 4.99 Å². The summed E-state index contributed by atoms with van der Waals surface area (Å²) in [7, 11) is 0. The maximum Gasteiger partial charge on any atom is 0.0761 e. The van der Waals surface area contributed by atoms with Crippen LogP contribution in [0.15, 0.2) is 12.1 Å². The predicted octanol–water partition coefficient (Wildman–Crippen LogP) is 4.24. The van der Waals surface area contributed by atoms with Crippen LogP contribution in [0.1, 0.15) is 49.3 Å². The van der Waals surface area contributed by atoms with Gasteiger partial charge in [0, 0.05) is 10.9 Å². The summed E-state index contributed by atoms with van der Waals surface area (Å²) in [4.78, 5) is 0.566. The van der Waals surface area contributed by atoms with Crippen molar-refractivity contribution in [1.29, 1.82) is 0 Å². The van der Waals surface area contributed by atoms with Gasteiger partial charge in [-0.2, -0.15) is 0 Å². The standard InChI is InChI=1S/C15H20ClNS/c1-9(10(2)15(17)18)13-7-11-5-3-4-6-12(11)8-14(13)16/h7-10H,3-6H2,1-2H3,(H2,17,18). The van der Waals surface area contributed by atoms with Gasteiger partial charge in [-0.05, 0) is 54.4 Å². The van der Waals surface area contributed by atoms with E-state index in [0.29, 0.717) is 4.99 Å². The van der Waals surface area contributed by atoms with E-state index in [-0.39, 0.29) is 11.8 Å². The quantitative estimate of drug-likeness (QED) is 0.839. The molecule has 0 aliphatic heterocycles. The molecule has 2 rings (SSSR count). The summed E-state index contributed by atoms with van der Waals surface area (Å²) in [6.07, 6.45) is 4.90. The second-order valence-corrected chi connectivity index (χ2v) is 6.21. The van der Waals surface area contributed by atoms with Crippen LogP contribution in [-0.4, -0.2) is 4.99 Å². The first kappa shape index (κ1) is 13.8. The van der Waals surface area contributed by atoms with E-state index >= 15 is 0 Å². The molecule has 3 heteroatoms. The highest BCUT2D eigenvalue weighted by atomic mass is 35.5. The van der Waals surface area contributed by atoms with Gasteiger partial charge in [0.1, 0.15) is 0 Å². The van der Waals surface area contributed by atoms with Gasteiger partial charge in [0.25, 0.3) is 0 Å². The molecule has 2 N–H and O–H groups in total. The third-order valence-electron chi connectivity index (χ3n) is 4.15. The summed E-state index contributed by atoms with van der Waals surface area (Å²) < 4.78 is 0. The van der Waals surface area contributed by atoms with Crippen LogP contribution >= 0.6 is 23.8 Å². The number of hydrogen-bond donors (Lipinski definition) is 1. The molecule has 0 amide bonds. The van der Waals surface area contributed by atoms with E-state index in [2.05, 4.69) is 26.0 Å². The largest absolute Gasteiger partial charge is 0.393 e. The van der Waals surface area contributed by atoms with E-state index in [1.165, 1.54) is 36.0 Å². The molecule has 1 nitrogen and oxygen atoms in total. The van der Waals surface area contributed by atoms with Gasteiger partial charge in [-0.25, -0.2) is 0 Å². The van der Waals surface area contributed by atoms with Gasteiger partial charge in [0.15, 0.2) is 0 Å². The Kier molecular flexibility index (Phi) is 4.29. The van der Waals surface area contributed by atoms with Crippen LogP contribution in [0.4, 0.5) is 0 Å². The van der Waals surface area contributed by atoms with Crippen molar-refractivity contribution in [3.8, 4) is 0 Å². The monoisotopic (exact) mass is 281 g/mol. The molecule has 0 heterocycles. The summed E-state index contributed by atoms with van der Waals surface area (Å²) in [5.74, 6) is 0.460. The Hall–Kier alpha value is -0.600. The normalized spacial score (nSPS) is 17.9. The van der Waals surface area contributed by atoms with Crippen molar-refractivity contribution in [2.75, 3.05) is 0 Å². The van der Waals surface area contributed by atoms with Crippen molar-refractivity contribution in [2.24, 2.45) is 11.7 Å². The van der Waals surface area contributed by atoms with Crippen molar-refractivity contribution >= 4 is 28.8 Å². The number of thiocarbonyl (C=S) groups is 1. The number of fused-ring (bicyclic) bond motifs is 1. The lowest BCUT2D eigenvalue weighted by molar-refractivity contribution is 0.621. The molecule has 1 aliphatic carbocycles. The molecule has 1 aliphatic rings. The van der Waals surface area contributed by atoms with Crippen molar-refractivity contribution in [2.45, 2.75) is 45.4 Å². The number of rotatable bonds is 3. The molecule has 2 unspecified atom stereocenters. The SMILES string of the molecule is CC(C(N)=S)C(C)c1cc2c(cc1Cl)CCCC2. The molecule has 98 valence electrons. The van der Waals surface area contributed by atoms with Gasteiger partial charge >= 0.3 is 0 Å². The zero-order valence-corrected chi connectivity index (χ0v) is 12.6. The molecule has 1 aromatic rings. The summed E-state index contributed by atoms with van der Waals surface area (Å²) in [6, 6.07) is 4.42. The molecule has 2 atom stereocenters. The zero-order valence-electron chi connectivity index (χ0n) is 11.0. The second kappa shape index (κ2) is 5.58. The van der Waals surface area contributed by atoms with Gasteiger partial charge in [0.2, 0.25) is 0 Å². The van der Waals surface area contributed by atoms with E-state index < -0.39 is 0 Å². The van der Waals surface area contributed by atoms with E-state index in [4.69, 9.17) is 29.6 Å². The van der Waals surface area contributed by atoms with Crippen molar-refractivity contribution in [1.82, 2.24) is 0 Å². The molecule has 0 saturated carbocycles. The fourth-order valence-corrected chi connectivity index (χ4v) is 3.20. The second-order valence-electron chi connectivity index (χ2n) is 5.33. The molecule has 0 radical (unpaired) electrons. The maximum atomic E-state index is 6.42. The van der Waals surface area contributed by atoms with Crippen LogP contribution in [0, 0.1) is 5.92 Å². The lowest BCUT2D eigenvalue weighted by Crippen LogP contribution is -2.23. The van der Waals surface area contributed by atoms with Gasteiger partial charge in [-0.3, -0.25) is 0 Å². The maximum absolute atomic E-state index is 6.42. The third kappa shape index (κ3) is 2.70. The first-order chi connectivity index (χ1) is 8.50. The van der Waals surface area contributed by atoms with Crippen LogP contribution in [0.25, 0.3) is 0 Å². The minimum absolute atomic E-state index is 0.180. The van der Waals surface area contributed by atoms with Gasteiger partial charge < -0.3 is 5.73 Å². The molecule has 0 spiro atoms. The smallest absolute Gasteiger partial charge is 0.0761 e. The minimum Gasteiger partial charge on any atom is -0.393 e. The average Bonchev–Trinajstić information content (AvgIpc) is 2.36. The molecule has 1 aromatic carbocycles. The highest BCUT2D eigenvalue weighted by molar-refractivity contribution is 7.80. The Morgan fingerprint density at radius 3 is 2.33 bits per heavy atom. The van der Waals surface area contributed by atoms with E-state index in [1.807, 2.05) is 0 Å².